The third-order valence-electron chi connectivity index (χ3n) is 3.34. The maximum Gasteiger partial charge on any atom is 0.126 e. The van der Waals surface area contributed by atoms with E-state index in [0.717, 1.165) is 18.1 Å². The van der Waals surface area contributed by atoms with Gasteiger partial charge in [0.25, 0.3) is 0 Å². The highest BCUT2D eigenvalue weighted by molar-refractivity contribution is 5.39. The SMILES string of the molecule is CNC1(CNc2ccc(C)c(C)n2)CC1. The van der Waals surface area contributed by atoms with Crippen LogP contribution in [0.15, 0.2) is 12.1 Å². The number of hydrogen-bond donors (Lipinski definition) is 2. The van der Waals surface area contributed by atoms with Gasteiger partial charge in [-0.1, -0.05) is 6.07 Å². The molecule has 1 aliphatic carbocycles. The van der Waals surface area contributed by atoms with Crippen LogP contribution >= 0.6 is 0 Å². The van der Waals surface area contributed by atoms with Crippen LogP contribution in [-0.4, -0.2) is 24.1 Å². The zero-order chi connectivity index (χ0) is 10.9. The van der Waals surface area contributed by atoms with Crippen molar-refractivity contribution in [3.63, 3.8) is 0 Å². The molecule has 15 heavy (non-hydrogen) atoms. The van der Waals surface area contributed by atoms with Crippen molar-refractivity contribution >= 4 is 5.82 Å². The lowest BCUT2D eigenvalue weighted by Crippen LogP contribution is -2.35. The molecule has 1 aliphatic rings. The number of nitrogens with zero attached hydrogens (tertiary/aromatic N) is 1. The Morgan fingerprint density at radius 3 is 2.60 bits per heavy atom. The Balaban J connectivity index is 1.96. The number of rotatable bonds is 4. The fourth-order valence-corrected chi connectivity index (χ4v) is 1.65. The molecular weight excluding hydrogens is 186 g/mol. The van der Waals surface area contributed by atoms with E-state index in [2.05, 4.69) is 28.6 Å². The van der Waals surface area contributed by atoms with Crippen molar-refractivity contribution in [3.8, 4) is 0 Å². The van der Waals surface area contributed by atoms with Crippen LogP contribution in [0.2, 0.25) is 0 Å². The van der Waals surface area contributed by atoms with Crippen LogP contribution in [0.1, 0.15) is 24.1 Å². The first kappa shape index (κ1) is 10.4. The summed E-state index contributed by atoms with van der Waals surface area (Å²) in [7, 11) is 2.03. The molecule has 3 heteroatoms. The molecule has 1 saturated carbocycles. The molecule has 0 radical (unpaired) electrons. The largest absolute Gasteiger partial charge is 0.368 e. The molecule has 0 bridgehead atoms. The lowest BCUT2D eigenvalue weighted by Gasteiger charge is -2.15. The standard InChI is InChI=1S/C12H19N3/c1-9-4-5-11(15-10(9)2)14-8-12(13-3)6-7-12/h4-5,13H,6-8H2,1-3H3,(H,14,15). The first-order valence-corrected chi connectivity index (χ1v) is 5.52. The summed E-state index contributed by atoms with van der Waals surface area (Å²) in [5.74, 6) is 0.986. The molecule has 1 aromatic heterocycles. The number of anilines is 1. The molecule has 2 rings (SSSR count). The highest BCUT2D eigenvalue weighted by Crippen LogP contribution is 2.34. The Morgan fingerprint density at radius 2 is 2.07 bits per heavy atom. The predicted octanol–water partition coefficient (Wildman–Crippen LogP) is 1.86. The maximum absolute atomic E-state index is 4.50. The van der Waals surface area contributed by atoms with Crippen LogP contribution in [0.3, 0.4) is 0 Å². The Morgan fingerprint density at radius 1 is 1.33 bits per heavy atom. The molecule has 0 spiro atoms. The molecule has 0 unspecified atom stereocenters. The van der Waals surface area contributed by atoms with E-state index >= 15 is 0 Å². The minimum absolute atomic E-state index is 0.334. The Bertz CT molecular complexity index is 356. The van der Waals surface area contributed by atoms with Gasteiger partial charge in [-0.25, -0.2) is 4.98 Å². The highest BCUT2D eigenvalue weighted by Gasteiger charge is 2.40. The Hall–Kier alpha value is -1.09. The van der Waals surface area contributed by atoms with Gasteiger partial charge in [0.05, 0.1) is 0 Å². The molecule has 1 aromatic rings. The molecule has 1 fully saturated rings. The summed E-state index contributed by atoms with van der Waals surface area (Å²) in [5.41, 5.74) is 2.69. The summed E-state index contributed by atoms with van der Waals surface area (Å²) in [6.45, 7) is 5.10. The van der Waals surface area contributed by atoms with Gasteiger partial charge in [0.1, 0.15) is 5.82 Å². The lowest BCUT2D eigenvalue weighted by molar-refractivity contribution is 0.577. The van der Waals surface area contributed by atoms with Gasteiger partial charge in [-0.05, 0) is 45.4 Å². The minimum Gasteiger partial charge on any atom is -0.368 e. The number of hydrogen-bond acceptors (Lipinski definition) is 3. The third-order valence-corrected chi connectivity index (χ3v) is 3.34. The number of likely N-dealkylation sites (N-methyl/N-ethyl adjacent to an activating group) is 1. The van der Waals surface area contributed by atoms with Gasteiger partial charge in [0.15, 0.2) is 0 Å². The lowest BCUT2D eigenvalue weighted by atomic mass is 10.2. The predicted molar refractivity (Wildman–Crippen MR) is 63.2 cm³/mol. The Labute approximate surface area is 91.3 Å². The molecule has 82 valence electrons. The van der Waals surface area contributed by atoms with Crippen LogP contribution in [0.5, 0.6) is 0 Å². The van der Waals surface area contributed by atoms with Gasteiger partial charge >= 0.3 is 0 Å². The molecule has 0 aromatic carbocycles. The first-order valence-electron chi connectivity index (χ1n) is 5.52. The summed E-state index contributed by atoms with van der Waals surface area (Å²) in [4.78, 5) is 4.50. The van der Waals surface area contributed by atoms with E-state index in [1.165, 1.54) is 18.4 Å². The zero-order valence-corrected chi connectivity index (χ0v) is 9.72. The van der Waals surface area contributed by atoms with E-state index in [9.17, 15) is 0 Å². The average molecular weight is 205 g/mol. The van der Waals surface area contributed by atoms with Crippen LogP contribution in [0.25, 0.3) is 0 Å². The van der Waals surface area contributed by atoms with Gasteiger partial charge in [0, 0.05) is 17.8 Å². The van der Waals surface area contributed by atoms with Crippen molar-refractivity contribution in [2.24, 2.45) is 0 Å². The fraction of sp³-hybridized carbons (Fsp3) is 0.583. The quantitative estimate of drug-likeness (QED) is 0.788. The normalized spacial score (nSPS) is 17.5. The van der Waals surface area contributed by atoms with Crippen molar-refractivity contribution in [3.05, 3.63) is 23.4 Å². The van der Waals surface area contributed by atoms with E-state index < -0.39 is 0 Å². The molecule has 1 heterocycles. The maximum atomic E-state index is 4.50. The third kappa shape index (κ3) is 2.29. The van der Waals surface area contributed by atoms with Crippen molar-refractivity contribution in [2.45, 2.75) is 32.2 Å². The number of nitrogens with one attached hydrogen (secondary N) is 2. The summed E-state index contributed by atoms with van der Waals surface area (Å²) >= 11 is 0. The zero-order valence-electron chi connectivity index (χ0n) is 9.72. The van der Waals surface area contributed by atoms with Crippen molar-refractivity contribution in [1.29, 1.82) is 0 Å². The molecule has 0 aliphatic heterocycles. The first-order chi connectivity index (χ1) is 7.15. The summed E-state index contributed by atoms with van der Waals surface area (Å²) in [6, 6.07) is 4.16. The Kier molecular flexibility index (Phi) is 2.65. The van der Waals surface area contributed by atoms with E-state index in [1.807, 2.05) is 20.0 Å². The van der Waals surface area contributed by atoms with E-state index in [1.54, 1.807) is 0 Å². The van der Waals surface area contributed by atoms with Gasteiger partial charge in [-0.3, -0.25) is 0 Å². The molecule has 0 atom stereocenters. The van der Waals surface area contributed by atoms with Crippen molar-refractivity contribution < 1.29 is 0 Å². The van der Waals surface area contributed by atoms with Crippen LogP contribution in [0.4, 0.5) is 5.82 Å². The van der Waals surface area contributed by atoms with Crippen LogP contribution < -0.4 is 10.6 Å². The van der Waals surface area contributed by atoms with Gasteiger partial charge in [-0.15, -0.1) is 0 Å². The van der Waals surface area contributed by atoms with Gasteiger partial charge in [0.2, 0.25) is 0 Å². The van der Waals surface area contributed by atoms with Crippen molar-refractivity contribution in [1.82, 2.24) is 10.3 Å². The summed E-state index contributed by atoms with van der Waals surface area (Å²) in [5, 5.41) is 6.75. The molecule has 2 N–H and O–H groups in total. The summed E-state index contributed by atoms with van der Waals surface area (Å²) < 4.78 is 0. The highest BCUT2D eigenvalue weighted by atomic mass is 15.1. The second kappa shape index (κ2) is 3.81. The molecule has 3 nitrogen and oxygen atoms in total. The smallest absolute Gasteiger partial charge is 0.126 e. The van der Waals surface area contributed by atoms with E-state index in [4.69, 9.17) is 0 Å². The van der Waals surface area contributed by atoms with E-state index in [-0.39, 0.29) is 0 Å². The minimum atomic E-state index is 0.334. The number of aromatic nitrogens is 1. The van der Waals surface area contributed by atoms with Crippen molar-refractivity contribution in [2.75, 3.05) is 18.9 Å². The summed E-state index contributed by atoms with van der Waals surface area (Å²) in [6.07, 6.45) is 2.53. The monoisotopic (exact) mass is 205 g/mol. The van der Waals surface area contributed by atoms with Gasteiger partial charge < -0.3 is 10.6 Å². The topological polar surface area (TPSA) is 37.0 Å². The van der Waals surface area contributed by atoms with Gasteiger partial charge in [-0.2, -0.15) is 0 Å². The van der Waals surface area contributed by atoms with Crippen LogP contribution in [-0.2, 0) is 0 Å². The molecular formula is C12H19N3. The second-order valence-corrected chi connectivity index (χ2v) is 4.48. The average Bonchev–Trinajstić information content (AvgIpc) is 3.01. The van der Waals surface area contributed by atoms with Crippen LogP contribution in [0, 0.1) is 13.8 Å². The number of aryl methyl sites for hydroxylation is 2. The van der Waals surface area contributed by atoms with E-state index in [0.29, 0.717) is 5.54 Å². The molecule has 0 saturated heterocycles. The fourth-order valence-electron chi connectivity index (χ4n) is 1.65. The second-order valence-electron chi connectivity index (χ2n) is 4.48. The molecule has 0 amide bonds. The number of pyridine rings is 1.